The Bertz CT molecular complexity index is 472. The summed E-state index contributed by atoms with van der Waals surface area (Å²) in [7, 11) is 0. The second-order valence-corrected chi connectivity index (χ2v) is 2.70. The smallest absolute Gasteiger partial charge is 0.213 e. The van der Waals surface area contributed by atoms with Crippen LogP contribution in [0.15, 0.2) is 29.8 Å². The highest BCUT2D eigenvalue weighted by Gasteiger charge is 2.06. The number of carbonyl (C=O) groups excluding carboxylic acids is 1. The lowest BCUT2D eigenvalue weighted by Crippen LogP contribution is -2.01. The van der Waals surface area contributed by atoms with Crippen molar-refractivity contribution in [2.75, 3.05) is 0 Å². The molecule has 0 aliphatic heterocycles. The third-order valence-electron chi connectivity index (χ3n) is 1.72. The molecular formula is C11H7FN2O. The largest absolute Gasteiger partial charge is 0.305 e. The highest BCUT2D eigenvalue weighted by Crippen LogP contribution is 2.11. The molecule has 1 N–H and O–H groups in total. The average Bonchev–Trinajstić information content (AvgIpc) is 2.27. The van der Waals surface area contributed by atoms with Gasteiger partial charge >= 0.3 is 0 Å². The van der Waals surface area contributed by atoms with E-state index >= 15 is 0 Å². The van der Waals surface area contributed by atoms with Gasteiger partial charge in [-0.2, -0.15) is 5.26 Å². The summed E-state index contributed by atoms with van der Waals surface area (Å²) in [6, 6.07) is 7.41. The number of hydrogen-bond acceptors (Lipinski definition) is 3. The van der Waals surface area contributed by atoms with Crippen molar-refractivity contribution in [2.45, 2.75) is 0 Å². The molecule has 0 aromatic heterocycles. The Hall–Kier alpha value is -2.28. The normalized spacial score (nSPS) is 10.5. The number of halogens is 1. The Morgan fingerprint density at radius 1 is 1.47 bits per heavy atom. The molecule has 0 heterocycles. The molecule has 0 saturated carbocycles. The van der Waals surface area contributed by atoms with Crippen LogP contribution in [0.2, 0.25) is 0 Å². The van der Waals surface area contributed by atoms with E-state index in [1.807, 2.05) is 0 Å². The minimum absolute atomic E-state index is 0.157. The van der Waals surface area contributed by atoms with Crippen LogP contribution < -0.4 is 0 Å². The highest BCUT2D eigenvalue weighted by atomic mass is 19.1. The first kappa shape index (κ1) is 10.8. The van der Waals surface area contributed by atoms with E-state index in [4.69, 9.17) is 10.7 Å². The van der Waals surface area contributed by atoms with Gasteiger partial charge < -0.3 is 5.41 Å². The van der Waals surface area contributed by atoms with E-state index in [1.165, 1.54) is 18.2 Å². The molecule has 1 aromatic rings. The molecule has 0 radical (unpaired) electrons. The SMILES string of the molecule is N#CC(=Cc1ccccc1F)C(=O)C=N. The Morgan fingerprint density at radius 2 is 2.13 bits per heavy atom. The Balaban J connectivity index is 3.16. The molecule has 74 valence electrons. The number of nitrogens with zero attached hydrogens (tertiary/aromatic N) is 1. The molecule has 0 spiro atoms. The van der Waals surface area contributed by atoms with E-state index in [1.54, 1.807) is 12.1 Å². The number of hydrogen-bond donors (Lipinski definition) is 1. The van der Waals surface area contributed by atoms with Crippen LogP contribution in [0.4, 0.5) is 4.39 Å². The fourth-order valence-electron chi connectivity index (χ4n) is 0.984. The van der Waals surface area contributed by atoms with E-state index in [0.29, 0.717) is 6.21 Å². The number of ketones is 1. The second-order valence-electron chi connectivity index (χ2n) is 2.70. The molecule has 15 heavy (non-hydrogen) atoms. The van der Waals surface area contributed by atoms with E-state index < -0.39 is 11.6 Å². The minimum Gasteiger partial charge on any atom is -0.305 e. The lowest BCUT2D eigenvalue weighted by Gasteiger charge is -1.96. The minimum atomic E-state index is -0.735. The predicted molar refractivity (Wildman–Crippen MR) is 53.8 cm³/mol. The number of nitriles is 1. The van der Waals surface area contributed by atoms with Crippen molar-refractivity contribution >= 4 is 18.1 Å². The third-order valence-corrected chi connectivity index (χ3v) is 1.72. The number of nitrogens with one attached hydrogen (secondary N) is 1. The van der Waals surface area contributed by atoms with Gasteiger partial charge in [0.1, 0.15) is 17.5 Å². The molecule has 0 unspecified atom stereocenters. The fraction of sp³-hybridized carbons (Fsp3) is 0. The highest BCUT2D eigenvalue weighted by molar-refractivity contribution is 6.36. The van der Waals surface area contributed by atoms with Gasteiger partial charge in [0.25, 0.3) is 0 Å². The molecule has 3 nitrogen and oxygen atoms in total. The number of allylic oxidation sites excluding steroid dienone is 1. The van der Waals surface area contributed by atoms with E-state index in [-0.39, 0.29) is 11.1 Å². The summed E-state index contributed by atoms with van der Waals surface area (Å²) in [6.07, 6.45) is 1.65. The average molecular weight is 202 g/mol. The van der Waals surface area contributed by atoms with Gasteiger partial charge in [0.05, 0.1) is 6.21 Å². The molecule has 0 fully saturated rings. The zero-order chi connectivity index (χ0) is 11.3. The van der Waals surface area contributed by atoms with E-state index in [9.17, 15) is 9.18 Å². The summed E-state index contributed by atoms with van der Waals surface area (Å²) in [5.74, 6) is -1.25. The molecule has 0 bridgehead atoms. The maximum Gasteiger partial charge on any atom is 0.213 e. The predicted octanol–water partition coefficient (Wildman–Crippen LogP) is 1.95. The van der Waals surface area contributed by atoms with Crippen LogP contribution in [0.5, 0.6) is 0 Å². The van der Waals surface area contributed by atoms with Crippen molar-refractivity contribution in [1.29, 1.82) is 10.7 Å². The van der Waals surface area contributed by atoms with Gasteiger partial charge in [-0.05, 0) is 12.1 Å². The Kier molecular flexibility index (Phi) is 3.47. The second kappa shape index (κ2) is 4.82. The van der Waals surface area contributed by atoms with Gasteiger partial charge in [-0.25, -0.2) is 4.39 Å². The lowest BCUT2D eigenvalue weighted by atomic mass is 10.1. The zero-order valence-corrected chi connectivity index (χ0v) is 7.70. The first-order chi connectivity index (χ1) is 7.19. The molecule has 0 amide bonds. The first-order valence-electron chi connectivity index (χ1n) is 4.10. The molecule has 4 heteroatoms. The topological polar surface area (TPSA) is 64.7 Å². The molecule has 0 aliphatic rings. The standard InChI is InChI=1S/C11H7FN2O/c12-10-4-2-1-3-8(10)5-9(6-13)11(15)7-14/h1-5,7,14H. The number of rotatable bonds is 3. The van der Waals surface area contributed by atoms with Gasteiger partial charge in [-0.3, -0.25) is 4.79 Å². The molecule has 1 aromatic carbocycles. The van der Waals surface area contributed by atoms with Crippen LogP contribution in [0.25, 0.3) is 6.08 Å². The summed E-state index contributed by atoms with van der Waals surface area (Å²) in [5, 5.41) is 15.3. The number of benzene rings is 1. The van der Waals surface area contributed by atoms with Crippen LogP contribution >= 0.6 is 0 Å². The summed E-state index contributed by atoms with van der Waals surface area (Å²) in [4.78, 5) is 11.0. The summed E-state index contributed by atoms with van der Waals surface area (Å²) < 4.78 is 13.1. The van der Waals surface area contributed by atoms with Crippen molar-refractivity contribution < 1.29 is 9.18 Å². The van der Waals surface area contributed by atoms with Crippen LogP contribution in [0, 0.1) is 22.6 Å². The van der Waals surface area contributed by atoms with Gasteiger partial charge in [0.15, 0.2) is 0 Å². The third kappa shape index (κ3) is 2.58. The summed E-state index contributed by atoms with van der Waals surface area (Å²) in [6.45, 7) is 0. The van der Waals surface area contributed by atoms with Crippen molar-refractivity contribution in [3.05, 3.63) is 41.2 Å². The summed E-state index contributed by atoms with van der Waals surface area (Å²) >= 11 is 0. The maximum absolute atomic E-state index is 13.1. The van der Waals surface area contributed by atoms with E-state index in [0.717, 1.165) is 6.08 Å². The Labute approximate surface area is 86.0 Å². The van der Waals surface area contributed by atoms with E-state index in [2.05, 4.69) is 0 Å². The molecule has 1 rings (SSSR count). The monoisotopic (exact) mass is 202 g/mol. The van der Waals surface area contributed by atoms with Gasteiger partial charge in [0, 0.05) is 5.56 Å². The molecular weight excluding hydrogens is 195 g/mol. The van der Waals surface area contributed by atoms with Crippen molar-refractivity contribution in [3.63, 3.8) is 0 Å². The molecule has 0 saturated heterocycles. The molecule has 0 aliphatic carbocycles. The van der Waals surface area contributed by atoms with Crippen LogP contribution in [-0.4, -0.2) is 12.0 Å². The lowest BCUT2D eigenvalue weighted by molar-refractivity contribution is -0.109. The van der Waals surface area contributed by atoms with Crippen LogP contribution in [0.3, 0.4) is 0 Å². The Morgan fingerprint density at radius 3 is 2.67 bits per heavy atom. The fourth-order valence-corrected chi connectivity index (χ4v) is 0.984. The summed E-state index contributed by atoms with van der Waals surface area (Å²) in [5.41, 5.74) is -0.0978. The zero-order valence-electron chi connectivity index (χ0n) is 7.70. The quantitative estimate of drug-likeness (QED) is 0.462. The van der Waals surface area contributed by atoms with Crippen LogP contribution in [0.1, 0.15) is 5.56 Å². The number of carbonyl (C=O) groups is 1. The maximum atomic E-state index is 13.1. The molecule has 0 atom stereocenters. The number of Topliss-reactive ketones (excluding diaryl/α,β-unsaturated/α-hetero) is 1. The van der Waals surface area contributed by atoms with Gasteiger partial charge in [-0.15, -0.1) is 0 Å². The van der Waals surface area contributed by atoms with Crippen LogP contribution in [-0.2, 0) is 4.79 Å². The van der Waals surface area contributed by atoms with Gasteiger partial charge in [-0.1, -0.05) is 18.2 Å². The van der Waals surface area contributed by atoms with Crippen molar-refractivity contribution in [2.24, 2.45) is 0 Å². The van der Waals surface area contributed by atoms with Crippen molar-refractivity contribution in [1.82, 2.24) is 0 Å². The first-order valence-corrected chi connectivity index (χ1v) is 4.10. The van der Waals surface area contributed by atoms with Gasteiger partial charge in [0.2, 0.25) is 5.78 Å². The van der Waals surface area contributed by atoms with Crippen molar-refractivity contribution in [3.8, 4) is 6.07 Å².